The van der Waals surface area contributed by atoms with Gasteiger partial charge in [0.2, 0.25) is 0 Å². The molecule has 1 unspecified atom stereocenters. The van der Waals surface area contributed by atoms with Gasteiger partial charge in [-0.15, -0.1) is 0 Å². The second-order valence-corrected chi connectivity index (χ2v) is 8.59. The summed E-state index contributed by atoms with van der Waals surface area (Å²) in [5, 5.41) is 20.5. The number of ketones is 1. The van der Waals surface area contributed by atoms with Crippen molar-refractivity contribution in [1.29, 1.82) is 0 Å². The van der Waals surface area contributed by atoms with Gasteiger partial charge in [-0.25, -0.2) is 4.79 Å². The van der Waals surface area contributed by atoms with Crippen LogP contribution in [-0.4, -0.2) is 36.4 Å². The van der Waals surface area contributed by atoms with Crippen molar-refractivity contribution in [2.75, 3.05) is 5.32 Å². The van der Waals surface area contributed by atoms with E-state index in [1.54, 1.807) is 0 Å². The number of thioether (sulfide) groups is 1. The van der Waals surface area contributed by atoms with E-state index >= 15 is 0 Å². The Bertz CT molecular complexity index is 1070. The van der Waals surface area contributed by atoms with E-state index in [2.05, 4.69) is 5.32 Å². The second kappa shape index (κ2) is 8.32. The van der Waals surface area contributed by atoms with Crippen molar-refractivity contribution in [2.24, 2.45) is 0 Å². The van der Waals surface area contributed by atoms with E-state index in [0.29, 0.717) is 0 Å². The van der Waals surface area contributed by atoms with Crippen molar-refractivity contribution >= 4 is 62.8 Å². The quantitative estimate of drug-likeness (QED) is 0.556. The van der Waals surface area contributed by atoms with E-state index in [0.717, 1.165) is 30.0 Å². The molecule has 0 spiro atoms. The molecule has 0 amide bonds. The molecule has 0 bridgehead atoms. The van der Waals surface area contributed by atoms with E-state index < -0.39 is 40.4 Å². The molecule has 2 atom stereocenters. The highest BCUT2D eigenvalue weighted by Crippen LogP contribution is 2.40. The predicted molar refractivity (Wildman–Crippen MR) is 114 cm³/mol. The number of aromatic carboxylic acids is 1. The number of rotatable bonds is 4. The summed E-state index contributed by atoms with van der Waals surface area (Å²) in [4.78, 5) is 23.9. The fraction of sp³-hybridized carbons (Fsp3) is 0.158. The van der Waals surface area contributed by atoms with Gasteiger partial charge in [0.15, 0.2) is 5.78 Å². The number of benzene rings is 2. The number of alkyl halides is 3. The fourth-order valence-corrected chi connectivity index (χ4v) is 4.84. The Morgan fingerprint density at radius 2 is 1.87 bits per heavy atom. The molecule has 1 aliphatic heterocycles. The summed E-state index contributed by atoms with van der Waals surface area (Å²) >= 11 is 11.5. The van der Waals surface area contributed by atoms with Gasteiger partial charge in [-0.2, -0.15) is 13.2 Å². The zero-order valence-electron chi connectivity index (χ0n) is 14.8. The van der Waals surface area contributed by atoms with E-state index in [4.69, 9.17) is 29.5 Å². The Balaban J connectivity index is 1.80. The summed E-state index contributed by atoms with van der Waals surface area (Å²) in [6.07, 6.45) is -4.55. The summed E-state index contributed by atoms with van der Waals surface area (Å²) in [5.41, 5.74) is -0.785. The van der Waals surface area contributed by atoms with Crippen LogP contribution >= 0.6 is 36.2 Å². The largest absolute Gasteiger partial charge is 0.507 e. The first kappa shape index (κ1) is 22.2. The highest BCUT2D eigenvalue weighted by Gasteiger charge is 2.43. The lowest BCUT2D eigenvalue weighted by Crippen LogP contribution is -2.29. The van der Waals surface area contributed by atoms with Crippen LogP contribution in [0, 0.1) is 0 Å². The SMILES string of the molecule is O=C(O)c1ccc(NC(=S)C2SC(=S)[C@H](c3cccc(C(F)(F)F)c3)C2=O)cc1O. The number of carboxylic acid groups (broad SMARTS) is 1. The van der Waals surface area contributed by atoms with Crippen LogP contribution in [0.1, 0.15) is 27.4 Å². The summed E-state index contributed by atoms with van der Waals surface area (Å²) in [6.45, 7) is 0. The molecule has 0 aromatic heterocycles. The minimum atomic E-state index is -4.55. The van der Waals surface area contributed by atoms with Crippen LogP contribution in [0.5, 0.6) is 5.75 Å². The normalized spacial score (nSPS) is 19.0. The highest BCUT2D eigenvalue weighted by molar-refractivity contribution is 8.25. The molecule has 0 saturated carbocycles. The molecule has 1 aliphatic rings. The van der Waals surface area contributed by atoms with Crippen LogP contribution in [0.2, 0.25) is 0 Å². The molecule has 1 heterocycles. The number of Topliss-reactive ketones (excluding diaryl/α,β-unsaturated/α-hetero) is 1. The van der Waals surface area contributed by atoms with Crippen LogP contribution in [0.4, 0.5) is 18.9 Å². The molecule has 156 valence electrons. The predicted octanol–water partition coefficient (Wildman–Crippen LogP) is 4.64. The Hall–Kier alpha value is -2.50. The molecular weight excluding hydrogens is 459 g/mol. The average molecular weight is 472 g/mol. The number of aromatic hydroxyl groups is 1. The Morgan fingerprint density at radius 1 is 1.17 bits per heavy atom. The molecular formula is C19H12F3NO4S3. The fourth-order valence-electron chi connectivity index (χ4n) is 2.89. The van der Waals surface area contributed by atoms with Crippen LogP contribution in [0.25, 0.3) is 0 Å². The average Bonchev–Trinajstić information content (AvgIpc) is 2.95. The molecule has 3 N–H and O–H groups in total. The molecule has 1 saturated heterocycles. The van der Waals surface area contributed by atoms with Crippen LogP contribution < -0.4 is 5.32 Å². The van der Waals surface area contributed by atoms with E-state index in [-0.39, 0.29) is 26.0 Å². The van der Waals surface area contributed by atoms with Crippen molar-refractivity contribution in [1.82, 2.24) is 0 Å². The number of halogens is 3. The minimum Gasteiger partial charge on any atom is -0.507 e. The lowest BCUT2D eigenvalue weighted by Gasteiger charge is -2.14. The van der Waals surface area contributed by atoms with Gasteiger partial charge in [0.1, 0.15) is 21.6 Å². The number of phenols is 1. The van der Waals surface area contributed by atoms with E-state index in [1.165, 1.54) is 24.3 Å². The third kappa shape index (κ3) is 4.47. The number of carbonyl (C=O) groups excluding carboxylic acids is 1. The van der Waals surface area contributed by atoms with Crippen LogP contribution in [-0.2, 0) is 11.0 Å². The molecule has 0 radical (unpaired) electrons. The first-order chi connectivity index (χ1) is 14.0. The number of hydrogen-bond donors (Lipinski definition) is 3. The third-order valence-corrected chi connectivity index (χ3v) is 6.48. The lowest BCUT2D eigenvalue weighted by atomic mass is 9.93. The van der Waals surface area contributed by atoms with Gasteiger partial charge >= 0.3 is 12.1 Å². The maximum atomic E-state index is 13.0. The number of carboxylic acids is 1. The van der Waals surface area contributed by atoms with Gasteiger partial charge in [-0.3, -0.25) is 4.79 Å². The molecule has 2 aromatic rings. The Morgan fingerprint density at radius 3 is 2.47 bits per heavy atom. The number of nitrogens with one attached hydrogen (secondary N) is 1. The third-order valence-electron chi connectivity index (χ3n) is 4.29. The van der Waals surface area contributed by atoms with Gasteiger partial charge in [0, 0.05) is 11.8 Å². The van der Waals surface area contributed by atoms with Crippen LogP contribution in [0.15, 0.2) is 42.5 Å². The summed E-state index contributed by atoms with van der Waals surface area (Å²) in [7, 11) is 0. The molecule has 2 aromatic carbocycles. The molecule has 5 nitrogen and oxygen atoms in total. The van der Waals surface area contributed by atoms with Gasteiger partial charge in [-0.1, -0.05) is 54.4 Å². The van der Waals surface area contributed by atoms with Gasteiger partial charge in [0.25, 0.3) is 0 Å². The van der Waals surface area contributed by atoms with Gasteiger partial charge < -0.3 is 15.5 Å². The first-order valence-corrected chi connectivity index (χ1v) is 9.97. The van der Waals surface area contributed by atoms with Crippen molar-refractivity contribution in [3.8, 4) is 5.75 Å². The van der Waals surface area contributed by atoms with Crippen molar-refractivity contribution < 1.29 is 33.0 Å². The topological polar surface area (TPSA) is 86.6 Å². The maximum Gasteiger partial charge on any atom is 0.416 e. The van der Waals surface area contributed by atoms with Gasteiger partial charge in [-0.05, 0) is 23.8 Å². The van der Waals surface area contributed by atoms with E-state index in [1.807, 2.05) is 0 Å². The summed E-state index contributed by atoms with van der Waals surface area (Å²) in [5.74, 6) is -3.26. The zero-order chi connectivity index (χ0) is 22.2. The Kier molecular flexibility index (Phi) is 6.16. The summed E-state index contributed by atoms with van der Waals surface area (Å²) in [6, 6.07) is 8.11. The van der Waals surface area contributed by atoms with Crippen LogP contribution in [0.3, 0.4) is 0 Å². The van der Waals surface area contributed by atoms with Gasteiger partial charge in [0.05, 0.1) is 15.7 Å². The lowest BCUT2D eigenvalue weighted by molar-refractivity contribution is -0.137. The molecule has 3 rings (SSSR count). The number of carbonyl (C=O) groups is 2. The van der Waals surface area contributed by atoms with Crippen molar-refractivity contribution in [2.45, 2.75) is 17.3 Å². The zero-order valence-corrected chi connectivity index (χ0v) is 17.2. The maximum absolute atomic E-state index is 13.0. The number of hydrogen-bond acceptors (Lipinski definition) is 6. The molecule has 30 heavy (non-hydrogen) atoms. The molecule has 0 aliphatic carbocycles. The highest BCUT2D eigenvalue weighted by atomic mass is 32.2. The smallest absolute Gasteiger partial charge is 0.416 e. The van der Waals surface area contributed by atoms with E-state index in [9.17, 15) is 27.9 Å². The van der Waals surface area contributed by atoms with Crippen molar-refractivity contribution in [3.63, 3.8) is 0 Å². The minimum absolute atomic E-state index is 0.0456. The summed E-state index contributed by atoms with van der Waals surface area (Å²) < 4.78 is 39.2. The monoisotopic (exact) mass is 471 g/mol. The molecule has 1 fully saturated rings. The molecule has 11 heteroatoms. The van der Waals surface area contributed by atoms with Crippen molar-refractivity contribution in [3.05, 3.63) is 59.2 Å². The standard InChI is InChI=1S/C19H12F3NO4S3/c20-19(21,22)9-3-1-2-8(6-9)13-14(25)15(30-18(13)29)16(28)23-10-4-5-11(17(26)27)12(24)7-10/h1-7,13,15,24H,(H,23,28)(H,26,27)/t13-,15?/m1/s1. The first-order valence-electron chi connectivity index (χ1n) is 8.27. The Labute approximate surface area is 183 Å². The number of thiocarbonyl (C=S) groups is 2. The second-order valence-electron chi connectivity index (χ2n) is 6.30. The number of anilines is 1.